The molecule has 2 aromatic carbocycles. The first-order valence-corrected chi connectivity index (χ1v) is 7.68. The van der Waals surface area contributed by atoms with Crippen molar-refractivity contribution in [3.8, 4) is 16.9 Å². The van der Waals surface area contributed by atoms with Crippen LogP contribution in [0, 0.1) is 5.82 Å². The molecule has 0 radical (unpaired) electrons. The molecule has 0 saturated heterocycles. The maximum atomic E-state index is 13.1. The number of aromatic nitrogens is 1. The van der Waals surface area contributed by atoms with Gasteiger partial charge in [-0.2, -0.15) is 0 Å². The molecule has 3 aromatic rings. The molecule has 24 heavy (non-hydrogen) atoms. The van der Waals surface area contributed by atoms with E-state index in [4.69, 9.17) is 4.74 Å². The van der Waals surface area contributed by atoms with Gasteiger partial charge >= 0.3 is 0 Å². The predicted molar refractivity (Wildman–Crippen MR) is 92.6 cm³/mol. The third kappa shape index (κ3) is 3.35. The van der Waals surface area contributed by atoms with Gasteiger partial charge in [0.2, 0.25) is 5.91 Å². The van der Waals surface area contributed by atoms with E-state index >= 15 is 0 Å². The molecule has 122 valence electrons. The minimum atomic E-state index is -0.267. The fraction of sp³-hybridized carbons (Fsp3) is 0.158. The summed E-state index contributed by atoms with van der Waals surface area (Å²) in [6, 6.07) is 13.8. The Bertz CT molecular complexity index is 892. The summed E-state index contributed by atoms with van der Waals surface area (Å²) >= 11 is 0. The van der Waals surface area contributed by atoms with Crippen LogP contribution in [0.25, 0.3) is 22.0 Å². The van der Waals surface area contributed by atoms with Gasteiger partial charge in [-0.1, -0.05) is 18.2 Å². The molecule has 0 aliphatic rings. The third-order valence-electron chi connectivity index (χ3n) is 3.55. The van der Waals surface area contributed by atoms with E-state index in [-0.39, 0.29) is 11.7 Å². The van der Waals surface area contributed by atoms with Crippen LogP contribution in [0.15, 0.2) is 48.5 Å². The lowest BCUT2D eigenvalue weighted by Gasteiger charge is -2.12. The maximum Gasteiger partial charge on any atom is 0.222 e. The van der Waals surface area contributed by atoms with Crippen molar-refractivity contribution in [2.24, 2.45) is 0 Å². The highest BCUT2D eigenvalue weighted by atomic mass is 19.1. The van der Waals surface area contributed by atoms with Crippen molar-refractivity contribution in [1.82, 2.24) is 4.98 Å². The van der Waals surface area contributed by atoms with Gasteiger partial charge in [-0.05, 0) is 42.3 Å². The van der Waals surface area contributed by atoms with Crippen LogP contribution in [-0.4, -0.2) is 17.5 Å². The van der Waals surface area contributed by atoms with Gasteiger partial charge in [0, 0.05) is 18.4 Å². The van der Waals surface area contributed by atoms with Crippen molar-refractivity contribution in [3.05, 3.63) is 54.3 Å². The van der Waals surface area contributed by atoms with E-state index < -0.39 is 0 Å². The predicted octanol–water partition coefficient (Wildman–Crippen LogP) is 4.40. The van der Waals surface area contributed by atoms with Crippen LogP contribution >= 0.6 is 0 Å². The lowest BCUT2D eigenvalue weighted by Crippen LogP contribution is -2.08. The Morgan fingerprint density at radius 3 is 2.50 bits per heavy atom. The number of nitrogens with one attached hydrogen (secondary N) is 1. The minimum Gasteiger partial charge on any atom is -0.493 e. The summed E-state index contributed by atoms with van der Waals surface area (Å²) in [5.74, 6) is 0.645. The molecule has 0 aliphatic heterocycles. The molecular formula is C19H17FN2O2. The number of anilines is 1. The van der Waals surface area contributed by atoms with Crippen molar-refractivity contribution < 1.29 is 13.9 Å². The molecular weight excluding hydrogens is 307 g/mol. The average molecular weight is 324 g/mol. The molecule has 0 atom stereocenters. The number of amides is 1. The van der Waals surface area contributed by atoms with Crippen LogP contribution in [0.4, 0.5) is 10.2 Å². The quantitative estimate of drug-likeness (QED) is 0.774. The number of rotatable bonds is 4. The number of nitrogens with zero attached hydrogens (tertiary/aromatic N) is 1. The number of ether oxygens (including phenoxy) is 1. The summed E-state index contributed by atoms with van der Waals surface area (Å²) in [5.41, 5.74) is 2.57. The van der Waals surface area contributed by atoms with Crippen molar-refractivity contribution in [1.29, 1.82) is 0 Å². The van der Waals surface area contributed by atoms with E-state index in [1.54, 1.807) is 18.2 Å². The van der Waals surface area contributed by atoms with Gasteiger partial charge in [-0.25, -0.2) is 9.37 Å². The molecule has 4 nitrogen and oxygen atoms in total. The number of fused-ring (bicyclic) bond motifs is 1. The first kappa shape index (κ1) is 15.9. The third-order valence-corrected chi connectivity index (χ3v) is 3.55. The summed E-state index contributed by atoms with van der Waals surface area (Å²) in [5, 5.41) is 3.52. The van der Waals surface area contributed by atoms with Crippen molar-refractivity contribution >= 4 is 22.6 Å². The molecule has 0 spiro atoms. The highest BCUT2D eigenvalue weighted by molar-refractivity contribution is 5.94. The van der Waals surface area contributed by atoms with E-state index in [0.717, 1.165) is 22.0 Å². The molecule has 1 N–H and O–H groups in total. The average Bonchev–Trinajstić information content (AvgIpc) is 2.55. The van der Waals surface area contributed by atoms with Crippen LogP contribution in [-0.2, 0) is 4.79 Å². The van der Waals surface area contributed by atoms with Gasteiger partial charge in [0.1, 0.15) is 17.4 Å². The summed E-state index contributed by atoms with van der Waals surface area (Å²) in [4.78, 5) is 15.7. The molecule has 1 aromatic heterocycles. The van der Waals surface area contributed by atoms with Crippen LogP contribution in [0.1, 0.15) is 13.8 Å². The van der Waals surface area contributed by atoms with Crippen LogP contribution in [0.2, 0.25) is 0 Å². The van der Waals surface area contributed by atoms with Gasteiger partial charge in [-0.15, -0.1) is 0 Å². The molecule has 0 saturated carbocycles. The molecule has 0 aliphatic carbocycles. The van der Waals surface area contributed by atoms with E-state index in [1.807, 2.05) is 25.1 Å². The normalized spacial score (nSPS) is 10.6. The molecule has 1 amide bonds. The van der Waals surface area contributed by atoms with E-state index in [2.05, 4.69) is 10.3 Å². The Labute approximate surface area is 139 Å². The first-order valence-electron chi connectivity index (χ1n) is 7.68. The van der Waals surface area contributed by atoms with Crippen molar-refractivity contribution in [2.45, 2.75) is 13.8 Å². The van der Waals surface area contributed by atoms with Gasteiger partial charge in [0.25, 0.3) is 0 Å². The monoisotopic (exact) mass is 324 g/mol. The second kappa shape index (κ2) is 6.66. The number of hydrogen-bond acceptors (Lipinski definition) is 3. The van der Waals surface area contributed by atoms with Gasteiger partial charge in [0.15, 0.2) is 0 Å². The number of carbonyl (C=O) groups excluding carboxylic acids is 1. The summed E-state index contributed by atoms with van der Waals surface area (Å²) in [7, 11) is 0. The first-order chi connectivity index (χ1) is 11.6. The Hall–Kier alpha value is -2.95. The lowest BCUT2D eigenvalue weighted by molar-refractivity contribution is -0.114. The largest absolute Gasteiger partial charge is 0.493 e. The summed E-state index contributed by atoms with van der Waals surface area (Å²) in [6.45, 7) is 3.83. The Balaban J connectivity index is 2.12. The zero-order valence-corrected chi connectivity index (χ0v) is 13.5. The van der Waals surface area contributed by atoms with Gasteiger partial charge in [0.05, 0.1) is 12.1 Å². The van der Waals surface area contributed by atoms with Crippen molar-refractivity contribution in [2.75, 3.05) is 11.9 Å². The fourth-order valence-corrected chi connectivity index (χ4v) is 2.54. The standard InChI is InChI=1S/C19H17FN2O2/c1-3-24-18-11-19(21-12(2)23)22-17-9-6-14(10-16(17)18)13-4-7-15(20)8-5-13/h4-11H,3H2,1-2H3,(H,21,22,23). The minimum absolute atomic E-state index is 0.188. The number of benzene rings is 2. The van der Waals surface area contributed by atoms with Crippen LogP contribution in [0.5, 0.6) is 5.75 Å². The highest BCUT2D eigenvalue weighted by Crippen LogP contribution is 2.31. The Morgan fingerprint density at radius 1 is 1.12 bits per heavy atom. The van der Waals surface area contributed by atoms with Crippen molar-refractivity contribution in [3.63, 3.8) is 0 Å². The summed E-state index contributed by atoms with van der Waals surface area (Å²) < 4.78 is 18.8. The lowest BCUT2D eigenvalue weighted by atomic mass is 10.0. The topological polar surface area (TPSA) is 51.2 Å². The van der Waals surface area contributed by atoms with Gasteiger partial charge in [-0.3, -0.25) is 4.79 Å². The zero-order valence-electron chi connectivity index (χ0n) is 13.5. The number of pyridine rings is 1. The summed E-state index contributed by atoms with van der Waals surface area (Å²) in [6.07, 6.45) is 0. The molecule has 5 heteroatoms. The number of hydrogen-bond donors (Lipinski definition) is 1. The molecule has 0 unspecified atom stereocenters. The van der Waals surface area contributed by atoms with Gasteiger partial charge < -0.3 is 10.1 Å². The van der Waals surface area contributed by atoms with Crippen LogP contribution < -0.4 is 10.1 Å². The van der Waals surface area contributed by atoms with E-state index in [9.17, 15) is 9.18 Å². The van der Waals surface area contributed by atoms with Crippen LogP contribution in [0.3, 0.4) is 0 Å². The van der Waals surface area contributed by atoms with E-state index in [0.29, 0.717) is 18.2 Å². The zero-order chi connectivity index (χ0) is 17.1. The fourth-order valence-electron chi connectivity index (χ4n) is 2.54. The molecule has 0 fully saturated rings. The second-order valence-corrected chi connectivity index (χ2v) is 5.36. The SMILES string of the molecule is CCOc1cc(NC(C)=O)nc2ccc(-c3ccc(F)cc3)cc12. The Morgan fingerprint density at radius 2 is 1.83 bits per heavy atom. The molecule has 1 heterocycles. The molecule has 0 bridgehead atoms. The number of carbonyl (C=O) groups is 1. The molecule has 3 rings (SSSR count). The number of halogens is 1. The second-order valence-electron chi connectivity index (χ2n) is 5.36. The highest BCUT2D eigenvalue weighted by Gasteiger charge is 2.10. The Kier molecular flexibility index (Phi) is 4.42. The smallest absolute Gasteiger partial charge is 0.222 e. The maximum absolute atomic E-state index is 13.1. The van der Waals surface area contributed by atoms with E-state index in [1.165, 1.54) is 19.1 Å².